The molecule has 1 saturated heterocycles. The third kappa shape index (κ3) is 4.66. The molecule has 2 aromatic rings. The number of rotatable bonds is 7. The van der Waals surface area contributed by atoms with E-state index in [1.54, 1.807) is 16.4 Å². The Morgan fingerprint density at radius 1 is 1.23 bits per heavy atom. The maximum Gasteiger partial charge on any atom is 0.258 e. The average molecular weight is 382 g/mol. The molecule has 0 unspecified atom stereocenters. The number of nitrogens with zero attached hydrogens (tertiary/aromatic N) is 4. The van der Waals surface area contributed by atoms with Crippen molar-refractivity contribution in [1.82, 2.24) is 19.3 Å². The molecule has 142 valence electrons. The summed E-state index contributed by atoms with van der Waals surface area (Å²) in [7, 11) is -3.16. The van der Waals surface area contributed by atoms with Crippen LogP contribution < -0.4 is 0 Å². The van der Waals surface area contributed by atoms with Crippen molar-refractivity contribution in [2.45, 2.75) is 26.3 Å². The summed E-state index contributed by atoms with van der Waals surface area (Å²) >= 11 is 0. The number of hydrogen-bond donors (Lipinski definition) is 0. The van der Waals surface area contributed by atoms with Crippen LogP contribution >= 0.6 is 0 Å². The fraction of sp³-hybridized carbons (Fsp3) is 0.529. The SMILES string of the molecule is CCCCS(=O)(=O)N1CCN(Cc2noc(-c3cccc(F)c3)n2)CC1. The molecule has 1 fully saturated rings. The highest BCUT2D eigenvalue weighted by molar-refractivity contribution is 7.89. The lowest BCUT2D eigenvalue weighted by Crippen LogP contribution is -2.48. The minimum atomic E-state index is -3.16. The van der Waals surface area contributed by atoms with E-state index in [-0.39, 0.29) is 17.5 Å². The Hall–Kier alpha value is -1.84. The fourth-order valence-corrected chi connectivity index (χ4v) is 4.51. The zero-order valence-electron chi connectivity index (χ0n) is 14.8. The lowest BCUT2D eigenvalue weighted by Gasteiger charge is -2.33. The summed E-state index contributed by atoms with van der Waals surface area (Å²) in [6.45, 7) is 4.64. The molecule has 0 N–H and O–H groups in total. The van der Waals surface area contributed by atoms with Crippen molar-refractivity contribution in [2.24, 2.45) is 0 Å². The number of benzene rings is 1. The Morgan fingerprint density at radius 3 is 2.69 bits per heavy atom. The van der Waals surface area contributed by atoms with Gasteiger partial charge in [0.1, 0.15) is 5.82 Å². The molecular formula is C17H23FN4O3S. The van der Waals surface area contributed by atoms with Gasteiger partial charge in [-0.1, -0.05) is 24.6 Å². The summed E-state index contributed by atoms with van der Waals surface area (Å²) in [4.78, 5) is 6.40. The van der Waals surface area contributed by atoms with E-state index in [1.165, 1.54) is 12.1 Å². The third-order valence-electron chi connectivity index (χ3n) is 4.39. The maximum atomic E-state index is 13.3. The zero-order chi connectivity index (χ0) is 18.6. The van der Waals surface area contributed by atoms with Crippen molar-refractivity contribution in [1.29, 1.82) is 0 Å². The minimum Gasteiger partial charge on any atom is -0.334 e. The van der Waals surface area contributed by atoms with Crippen LogP contribution in [-0.4, -0.2) is 59.7 Å². The zero-order valence-corrected chi connectivity index (χ0v) is 15.6. The van der Waals surface area contributed by atoms with Gasteiger partial charge < -0.3 is 4.52 Å². The van der Waals surface area contributed by atoms with Crippen LogP contribution in [0.2, 0.25) is 0 Å². The quantitative estimate of drug-likeness (QED) is 0.730. The van der Waals surface area contributed by atoms with Crippen LogP contribution in [0.25, 0.3) is 11.5 Å². The average Bonchev–Trinajstić information content (AvgIpc) is 3.09. The molecule has 26 heavy (non-hydrogen) atoms. The predicted molar refractivity (Wildman–Crippen MR) is 95.2 cm³/mol. The topological polar surface area (TPSA) is 79.5 Å². The molecule has 1 aromatic heterocycles. The summed E-state index contributed by atoms with van der Waals surface area (Å²) < 4.78 is 44.5. The molecule has 0 bridgehead atoms. The molecule has 7 nitrogen and oxygen atoms in total. The summed E-state index contributed by atoms with van der Waals surface area (Å²) in [6.07, 6.45) is 1.55. The molecule has 9 heteroatoms. The molecular weight excluding hydrogens is 359 g/mol. The Morgan fingerprint density at radius 2 is 2.00 bits per heavy atom. The molecule has 2 heterocycles. The van der Waals surface area contributed by atoms with E-state index < -0.39 is 10.0 Å². The highest BCUT2D eigenvalue weighted by Gasteiger charge is 2.27. The van der Waals surface area contributed by atoms with Crippen LogP contribution in [0.1, 0.15) is 25.6 Å². The molecule has 1 aliphatic heterocycles. The van der Waals surface area contributed by atoms with Gasteiger partial charge in [-0.3, -0.25) is 4.90 Å². The highest BCUT2D eigenvalue weighted by Crippen LogP contribution is 2.19. The van der Waals surface area contributed by atoms with Crippen LogP contribution in [0, 0.1) is 5.82 Å². The van der Waals surface area contributed by atoms with Crippen molar-refractivity contribution in [3.63, 3.8) is 0 Å². The van der Waals surface area contributed by atoms with Gasteiger partial charge in [-0.15, -0.1) is 0 Å². The normalized spacial score (nSPS) is 16.8. The van der Waals surface area contributed by atoms with E-state index in [4.69, 9.17) is 4.52 Å². The van der Waals surface area contributed by atoms with Crippen molar-refractivity contribution >= 4 is 10.0 Å². The fourth-order valence-electron chi connectivity index (χ4n) is 2.88. The van der Waals surface area contributed by atoms with E-state index in [0.717, 1.165) is 6.42 Å². The van der Waals surface area contributed by atoms with Crippen molar-refractivity contribution < 1.29 is 17.3 Å². The van der Waals surface area contributed by atoms with Gasteiger partial charge in [0.05, 0.1) is 12.3 Å². The van der Waals surface area contributed by atoms with Crippen molar-refractivity contribution in [3.05, 3.63) is 35.9 Å². The molecule has 0 aliphatic carbocycles. The lowest BCUT2D eigenvalue weighted by atomic mass is 10.2. The first-order chi connectivity index (χ1) is 12.5. The molecule has 3 rings (SSSR count). The Balaban J connectivity index is 1.55. The van der Waals surface area contributed by atoms with Gasteiger partial charge in [0, 0.05) is 31.7 Å². The smallest absolute Gasteiger partial charge is 0.258 e. The highest BCUT2D eigenvalue weighted by atomic mass is 32.2. The Labute approximate surface area is 152 Å². The molecule has 0 radical (unpaired) electrons. The van der Waals surface area contributed by atoms with Gasteiger partial charge in [-0.25, -0.2) is 12.8 Å². The van der Waals surface area contributed by atoms with Gasteiger partial charge >= 0.3 is 0 Å². The van der Waals surface area contributed by atoms with Gasteiger partial charge in [0.2, 0.25) is 10.0 Å². The summed E-state index contributed by atoms with van der Waals surface area (Å²) in [5, 5.41) is 3.94. The molecule has 0 amide bonds. The molecule has 0 spiro atoms. The van der Waals surface area contributed by atoms with E-state index in [1.807, 2.05) is 6.92 Å². The van der Waals surface area contributed by atoms with Gasteiger partial charge in [0.25, 0.3) is 5.89 Å². The summed E-state index contributed by atoms with van der Waals surface area (Å²) in [6, 6.07) is 6.00. The van der Waals surface area contributed by atoms with Crippen molar-refractivity contribution in [3.8, 4) is 11.5 Å². The molecule has 0 atom stereocenters. The second-order valence-corrected chi connectivity index (χ2v) is 8.46. The number of piperazine rings is 1. The van der Waals surface area contributed by atoms with E-state index in [0.29, 0.717) is 50.5 Å². The largest absolute Gasteiger partial charge is 0.334 e. The van der Waals surface area contributed by atoms with Crippen LogP contribution in [0.15, 0.2) is 28.8 Å². The molecule has 1 aliphatic rings. The minimum absolute atomic E-state index is 0.214. The van der Waals surface area contributed by atoms with Crippen LogP contribution in [0.4, 0.5) is 4.39 Å². The van der Waals surface area contributed by atoms with Crippen LogP contribution in [0.3, 0.4) is 0 Å². The third-order valence-corrected chi connectivity index (χ3v) is 6.34. The van der Waals surface area contributed by atoms with E-state index in [9.17, 15) is 12.8 Å². The Kier molecular flexibility index (Phi) is 6.00. The number of sulfonamides is 1. The second-order valence-electron chi connectivity index (χ2n) is 6.37. The monoisotopic (exact) mass is 382 g/mol. The molecule has 0 saturated carbocycles. The number of halogens is 1. The first-order valence-electron chi connectivity index (χ1n) is 8.76. The summed E-state index contributed by atoms with van der Waals surface area (Å²) in [5.41, 5.74) is 0.538. The summed E-state index contributed by atoms with van der Waals surface area (Å²) in [5.74, 6) is 0.639. The van der Waals surface area contributed by atoms with E-state index >= 15 is 0 Å². The van der Waals surface area contributed by atoms with Crippen LogP contribution in [-0.2, 0) is 16.6 Å². The van der Waals surface area contributed by atoms with Gasteiger partial charge in [-0.05, 0) is 24.6 Å². The number of hydrogen-bond acceptors (Lipinski definition) is 6. The van der Waals surface area contributed by atoms with Crippen molar-refractivity contribution in [2.75, 3.05) is 31.9 Å². The van der Waals surface area contributed by atoms with Crippen LogP contribution in [0.5, 0.6) is 0 Å². The van der Waals surface area contributed by atoms with Gasteiger partial charge in [0.15, 0.2) is 5.82 Å². The maximum absolute atomic E-state index is 13.3. The number of unbranched alkanes of at least 4 members (excludes halogenated alkanes) is 1. The predicted octanol–water partition coefficient (Wildman–Crippen LogP) is 2.12. The Bertz CT molecular complexity index is 832. The van der Waals surface area contributed by atoms with E-state index in [2.05, 4.69) is 15.0 Å². The molecule has 1 aromatic carbocycles. The second kappa shape index (κ2) is 8.24. The lowest BCUT2D eigenvalue weighted by molar-refractivity contribution is 0.176. The van der Waals surface area contributed by atoms with Gasteiger partial charge in [-0.2, -0.15) is 9.29 Å². The first-order valence-corrected chi connectivity index (χ1v) is 10.4. The first kappa shape index (κ1) is 18.9. The standard InChI is InChI=1S/C17H23FN4O3S/c1-2-3-11-26(23,24)22-9-7-21(8-10-22)13-16-19-17(25-20-16)14-5-4-6-15(18)12-14/h4-6,12H,2-3,7-11,13H2,1H3. The number of aromatic nitrogens is 2.